The maximum atomic E-state index is 12.2. The van der Waals surface area contributed by atoms with Crippen molar-refractivity contribution in [3.63, 3.8) is 0 Å². The van der Waals surface area contributed by atoms with Gasteiger partial charge in [-0.05, 0) is 37.1 Å². The van der Waals surface area contributed by atoms with Gasteiger partial charge in [0.2, 0.25) is 0 Å². The highest BCUT2D eigenvalue weighted by Gasteiger charge is 2.18. The molecule has 108 valence electrons. The summed E-state index contributed by atoms with van der Waals surface area (Å²) in [5.74, 6) is -0.0846. The van der Waals surface area contributed by atoms with Crippen LogP contribution in [0.25, 0.3) is 0 Å². The van der Waals surface area contributed by atoms with Crippen molar-refractivity contribution in [2.75, 3.05) is 5.32 Å². The summed E-state index contributed by atoms with van der Waals surface area (Å²) in [6, 6.07) is 13.8. The minimum Gasteiger partial charge on any atom is -0.355 e. The molecule has 0 unspecified atom stereocenters. The molecule has 1 aliphatic rings. The van der Waals surface area contributed by atoms with Gasteiger partial charge in [-0.25, -0.2) is 0 Å². The first-order valence-electron chi connectivity index (χ1n) is 7.40. The van der Waals surface area contributed by atoms with Gasteiger partial charge in [-0.1, -0.05) is 31.0 Å². The maximum Gasteiger partial charge on any atom is 0.270 e. The Morgan fingerprint density at radius 1 is 1.05 bits per heavy atom. The molecule has 0 radical (unpaired) electrons. The zero-order chi connectivity index (χ0) is 14.5. The Kier molecular flexibility index (Phi) is 4.15. The lowest BCUT2D eigenvalue weighted by molar-refractivity contribution is 0.0933. The van der Waals surface area contributed by atoms with Crippen LogP contribution in [0.2, 0.25) is 0 Å². The first kappa shape index (κ1) is 13.6. The first-order valence-corrected chi connectivity index (χ1v) is 7.40. The van der Waals surface area contributed by atoms with Crippen molar-refractivity contribution in [1.82, 2.24) is 10.3 Å². The van der Waals surface area contributed by atoms with E-state index in [1.54, 1.807) is 12.3 Å². The van der Waals surface area contributed by atoms with Crippen molar-refractivity contribution < 1.29 is 4.79 Å². The summed E-state index contributed by atoms with van der Waals surface area (Å²) in [6.45, 7) is 0. The Hall–Kier alpha value is -2.36. The van der Waals surface area contributed by atoms with Gasteiger partial charge in [0.1, 0.15) is 5.69 Å². The fourth-order valence-corrected chi connectivity index (χ4v) is 2.65. The first-order chi connectivity index (χ1) is 10.3. The molecular formula is C17H19N3O. The SMILES string of the molecule is O=C(NC1CCCC1)c1cc(Nc2ccccc2)ccn1. The topological polar surface area (TPSA) is 54.0 Å². The van der Waals surface area contributed by atoms with Crippen LogP contribution in [-0.2, 0) is 0 Å². The molecule has 0 saturated heterocycles. The predicted octanol–water partition coefficient (Wildman–Crippen LogP) is 3.50. The summed E-state index contributed by atoms with van der Waals surface area (Å²) in [5, 5.41) is 6.33. The molecule has 1 fully saturated rings. The number of anilines is 2. The molecule has 1 saturated carbocycles. The zero-order valence-corrected chi connectivity index (χ0v) is 11.9. The van der Waals surface area contributed by atoms with Crippen LogP contribution in [-0.4, -0.2) is 16.9 Å². The molecule has 1 aromatic heterocycles. The molecule has 1 aliphatic carbocycles. The molecule has 0 aliphatic heterocycles. The average Bonchev–Trinajstić information content (AvgIpc) is 3.01. The predicted molar refractivity (Wildman–Crippen MR) is 83.7 cm³/mol. The van der Waals surface area contributed by atoms with Crippen LogP contribution in [0.1, 0.15) is 36.2 Å². The van der Waals surface area contributed by atoms with E-state index in [4.69, 9.17) is 0 Å². The molecule has 2 N–H and O–H groups in total. The monoisotopic (exact) mass is 281 g/mol. The molecular weight excluding hydrogens is 262 g/mol. The van der Waals surface area contributed by atoms with E-state index in [2.05, 4.69) is 15.6 Å². The van der Waals surface area contributed by atoms with E-state index >= 15 is 0 Å². The van der Waals surface area contributed by atoms with E-state index in [0.717, 1.165) is 24.2 Å². The Morgan fingerprint density at radius 2 is 1.81 bits per heavy atom. The van der Waals surface area contributed by atoms with E-state index in [0.29, 0.717) is 11.7 Å². The van der Waals surface area contributed by atoms with Gasteiger partial charge < -0.3 is 10.6 Å². The van der Waals surface area contributed by atoms with E-state index in [1.165, 1.54) is 12.8 Å². The van der Waals surface area contributed by atoms with Gasteiger partial charge in [0.15, 0.2) is 0 Å². The van der Waals surface area contributed by atoms with E-state index < -0.39 is 0 Å². The lowest BCUT2D eigenvalue weighted by Gasteiger charge is -2.12. The van der Waals surface area contributed by atoms with Crippen molar-refractivity contribution in [3.8, 4) is 0 Å². The van der Waals surface area contributed by atoms with E-state index in [-0.39, 0.29) is 5.91 Å². The number of hydrogen-bond donors (Lipinski definition) is 2. The summed E-state index contributed by atoms with van der Waals surface area (Å²) >= 11 is 0. The smallest absolute Gasteiger partial charge is 0.270 e. The highest BCUT2D eigenvalue weighted by molar-refractivity contribution is 5.93. The fourth-order valence-electron chi connectivity index (χ4n) is 2.65. The van der Waals surface area contributed by atoms with Crippen molar-refractivity contribution in [2.24, 2.45) is 0 Å². The van der Waals surface area contributed by atoms with Crippen LogP contribution in [0.15, 0.2) is 48.7 Å². The maximum absolute atomic E-state index is 12.2. The molecule has 0 spiro atoms. The largest absolute Gasteiger partial charge is 0.355 e. The molecule has 2 aromatic rings. The third-order valence-corrected chi connectivity index (χ3v) is 3.75. The molecule has 4 heteroatoms. The van der Waals surface area contributed by atoms with Crippen LogP contribution >= 0.6 is 0 Å². The summed E-state index contributed by atoms with van der Waals surface area (Å²) in [7, 11) is 0. The normalized spacial score (nSPS) is 14.9. The van der Waals surface area contributed by atoms with Crippen LogP contribution in [0, 0.1) is 0 Å². The number of amides is 1. The number of carbonyl (C=O) groups is 1. The van der Waals surface area contributed by atoms with Crippen molar-refractivity contribution in [2.45, 2.75) is 31.7 Å². The number of nitrogens with zero attached hydrogens (tertiary/aromatic N) is 1. The van der Waals surface area contributed by atoms with Crippen LogP contribution in [0.5, 0.6) is 0 Å². The number of pyridine rings is 1. The average molecular weight is 281 g/mol. The number of aromatic nitrogens is 1. The third kappa shape index (κ3) is 3.60. The Labute approximate surface area is 124 Å². The number of carbonyl (C=O) groups excluding carboxylic acids is 1. The molecule has 1 heterocycles. The van der Waals surface area contributed by atoms with Crippen molar-refractivity contribution in [1.29, 1.82) is 0 Å². The van der Waals surface area contributed by atoms with Crippen molar-refractivity contribution in [3.05, 3.63) is 54.4 Å². The highest BCUT2D eigenvalue weighted by atomic mass is 16.1. The quantitative estimate of drug-likeness (QED) is 0.902. The standard InChI is InChI=1S/C17H19N3O/c21-17(20-14-8-4-5-9-14)16-12-15(10-11-18-16)19-13-6-2-1-3-7-13/h1-3,6-7,10-12,14H,4-5,8-9H2,(H,18,19)(H,20,21). The minimum atomic E-state index is -0.0846. The Morgan fingerprint density at radius 3 is 2.57 bits per heavy atom. The summed E-state index contributed by atoms with van der Waals surface area (Å²) in [4.78, 5) is 16.4. The zero-order valence-electron chi connectivity index (χ0n) is 11.9. The Balaban J connectivity index is 1.69. The fraction of sp³-hybridized carbons (Fsp3) is 0.294. The Bertz CT molecular complexity index is 606. The molecule has 0 bridgehead atoms. The second-order valence-electron chi connectivity index (χ2n) is 5.38. The van der Waals surface area contributed by atoms with Gasteiger partial charge in [-0.2, -0.15) is 0 Å². The van der Waals surface area contributed by atoms with Crippen LogP contribution < -0.4 is 10.6 Å². The lowest BCUT2D eigenvalue weighted by atomic mass is 10.2. The van der Waals surface area contributed by atoms with E-state index in [1.807, 2.05) is 36.4 Å². The van der Waals surface area contributed by atoms with Crippen molar-refractivity contribution >= 4 is 17.3 Å². The number of nitrogens with one attached hydrogen (secondary N) is 2. The summed E-state index contributed by atoms with van der Waals surface area (Å²) < 4.78 is 0. The number of para-hydroxylation sites is 1. The number of rotatable bonds is 4. The second-order valence-corrected chi connectivity index (χ2v) is 5.38. The second kappa shape index (κ2) is 6.39. The lowest BCUT2D eigenvalue weighted by Crippen LogP contribution is -2.33. The van der Waals surface area contributed by atoms with Crippen LogP contribution in [0.3, 0.4) is 0 Å². The third-order valence-electron chi connectivity index (χ3n) is 3.75. The van der Waals surface area contributed by atoms with Gasteiger partial charge in [-0.15, -0.1) is 0 Å². The van der Waals surface area contributed by atoms with Gasteiger partial charge in [-0.3, -0.25) is 9.78 Å². The minimum absolute atomic E-state index is 0.0846. The summed E-state index contributed by atoms with van der Waals surface area (Å²) in [6.07, 6.45) is 6.22. The van der Waals surface area contributed by atoms with Crippen LogP contribution in [0.4, 0.5) is 11.4 Å². The number of benzene rings is 1. The van der Waals surface area contributed by atoms with Gasteiger partial charge in [0, 0.05) is 23.6 Å². The molecule has 3 rings (SSSR count). The molecule has 0 atom stereocenters. The van der Waals surface area contributed by atoms with Gasteiger partial charge in [0.25, 0.3) is 5.91 Å². The molecule has 1 amide bonds. The molecule has 21 heavy (non-hydrogen) atoms. The summed E-state index contributed by atoms with van der Waals surface area (Å²) in [5.41, 5.74) is 2.32. The van der Waals surface area contributed by atoms with E-state index in [9.17, 15) is 4.79 Å². The highest BCUT2D eigenvalue weighted by Crippen LogP contribution is 2.19. The van der Waals surface area contributed by atoms with Gasteiger partial charge >= 0.3 is 0 Å². The molecule has 1 aromatic carbocycles. The molecule has 4 nitrogen and oxygen atoms in total. The number of hydrogen-bond acceptors (Lipinski definition) is 3. The van der Waals surface area contributed by atoms with Gasteiger partial charge in [0.05, 0.1) is 0 Å².